The predicted molar refractivity (Wildman–Crippen MR) is 117 cm³/mol. The zero-order chi connectivity index (χ0) is 20.2. The first-order chi connectivity index (χ1) is 14.1. The van der Waals surface area contributed by atoms with E-state index in [9.17, 15) is 9.59 Å². The van der Waals surface area contributed by atoms with Crippen molar-refractivity contribution < 1.29 is 9.53 Å². The number of rotatable bonds is 5. The highest BCUT2D eigenvalue weighted by Crippen LogP contribution is 2.22. The molecule has 4 rings (SSSR count). The maximum atomic E-state index is 13.2. The fraction of sp³-hybridized carbons (Fsp3) is 0.286. The van der Waals surface area contributed by atoms with Gasteiger partial charge in [0.15, 0.2) is 5.16 Å². The molecule has 1 amide bonds. The Bertz CT molecular complexity index is 1080. The molecule has 3 aromatic rings. The van der Waals surface area contributed by atoms with Crippen molar-refractivity contribution in [1.29, 1.82) is 0 Å². The lowest BCUT2D eigenvalue weighted by molar-refractivity contribution is -0.132. The van der Waals surface area contributed by atoms with Crippen LogP contribution in [0.2, 0.25) is 0 Å². The van der Waals surface area contributed by atoms with Crippen LogP contribution in [0.1, 0.15) is 5.56 Å². The second kappa shape index (κ2) is 9.11. The van der Waals surface area contributed by atoms with Gasteiger partial charge in [-0.3, -0.25) is 14.2 Å². The molecule has 0 bridgehead atoms. The molecule has 1 fully saturated rings. The van der Waals surface area contributed by atoms with E-state index in [-0.39, 0.29) is 17.2 Å². The Morgan fingerprint density at radius 3 is 2.66 bits per heavy atom. The van der Waals surface area contributed by atoms with E-state index in [2.05, 4.69) is 15.9 Å². The van der Waals surface area contributed by atoms with Crippen LogP contribution in [-0.2, 0) is 16.1 Å². The molecule has 6 nitrogen and oxygen atoms in total. The van der Waals surface area contributed by atoms with Crippen LogP contribution in [0.5, 0.6) is 0 Å². The smallest absolute Gasteiger partial charge is 0.262 e. The Hall–Kier alpha value is -2.16. The lowest BCUT2D eigenvalue weighted by Gasteiger charge is -2.26. The van der Waals surface area contributed by atoms with Gasteiger partial charge in [-0.2, -0.15) is 0 Å². The maximum absolute atomic E-state index is 13.2. The molecule has 0 spiro atoms. The van der Waals surface area contributed by atoms with E-state index in [0.29, 0.717) is 48.9 Å². The first-order valence-electron chi connectivity index (χ1n) is 9.34. The predicted octanol–water partition coefficient (Wildman–Crippen LogP) is 3.16. The SMILES string of the molecule is O=C(CSc1nc2ccc(Br)cc2c(=O)n1Cc1ccccc1)N1CCOCC1. The zero-order valence-corrected chi connectivity index (χ0v) is 18.1. The second-order valence-corrected chi connectivity index (χ2v) is 8.57. The molecule has 29 heavy (non-hydrogen) atoms. The van der Waals surface area contributed by atoms with E-state index < -0.39 is 0 Å². The lowest BCUT2D eigenvalue weighted by atomic mass is 10.2. The zero-order valence-electron chi connectivity index (χ0n) is 15.7. The number of carbonyl (C=O) groups excluding carboxylic acids is 1. The minimum absolute atomic E-state index is 0.0368. The highest BCUT2D eigenvalue weighted by atomic mass is 79.9. The average Bonchev–Trinajstić information content (AvgIpc) is 2.76. The molecule has 2 heterocycles. The van der Waals surface area contributed by atoms with Crippen LogP contribution >= 0.6 is 27.7 Å². The van der Waals surface area contributed by atoms with Crippen LogP contribution < -0.4 is 5.56 Å². The highest BCUT2D eigenvalue weighted by molar-refractivity contribution is 9.10. The van der Waals surface area contributed by atoms with Crippen molar-refractivity contribution in [3.8, 4) is 0 Å². The van der Waals surface area contributed by atoms with E-state index in [1.807, 2.05) is 42.5 Å². The van der Waals surface area contributed by atoms with E-state index in [1.54, 1.807) is 15.5 Å². The lowest BCUT2D eigenvalue weighted by Crippen LogP contribution is -2.41. The molecule has 1 aromatic heterocycles. The van der Waals surface area contributed by atoms with E-state index in [4.69, 9.17) is 9.72 Å². The molecule has 0 atom stereocenters. The molecule has 0 saturated carbocycles. The molecule has 1 aliphatic rings. The maximum Gasteiger partial charge on any atom is 0.262 e. The van der Waals surface area contributed by atoms with Crippen LogP contribution in [-0.4, -0.2) is 52.4 Å². The van der Waals surface area contributed by atoms with Gasteiger partial charge in [0.2, 0.25) is 5.91 Å². The van der Waals surface area contributed by atoms with Gasteiger partial charge < -0.3 is 9.64 Å². The van der Waals surface area contributed by atoms with Crippen molar-refractivity contribution in [3.05, 3.63) is 68.9 Å². The van der Waals surface area contributed by atoms with Gasteiger partial charge in [-0.05, 0) is 23.8 Å². The number of thioether (sulfide) groups is 1. The van der Waals surface area contributed by atoms with Gasteiger partial charge in [0, 0.05) is 17.6 Å². The summed E-state index contributed by atoms with van der Waals surface area (Å²) >= 11 is 4.74. The second-order valence-electron chi connectivity index (χ2n) is 6.71. The molecular weight excluding hydrogens is 454 g/mol. The molecular formula is C21H20BrN3O3S. The standard InChI is InChI=1S/C21H20BrN3O3S/c22-16-6-7-18-17(12-16)20(27)25(13-15-4-2-1-3-5-15)21(23-18)29-14-19(26)24-8-10-28-11-9-24/h1-7,12H,8-11,13-14H2. The Balaban J connectivity index is 1.67. The van der Waals surface area contributed by atoms with Crippen molar-refractivity contribution >= 4 is 44.5 Å². The molecule has 0 radical (unpaired) electrons. The van der Waals surface area contributed by atoms with Crippen molar-refractivity contribution in [2.75, 3.05) is 32.1 Å². The number of nitrogens with zero attached hydrogens (tertiary/aromatic N) is 3. The Morgan fingerprint density at radius 2 is 1.90 bits per heavy atom. The Morgan fingerprint density at radius 1 is 1.14 bits per heavy atom. The number of amides is 1. The van der Waals surface area contributed by atoms with Crippen molar-refractivity contribution in [2.45, 2.75) is 11.7 Å². The first-order valence-corrected chi connectivity index (χ1v) is 11.1. The van der Waals surface area contributed by atoms with Crippen LogP contribution in [0, 0.1) is 0 Å². The summed E-state index contributed by atoms with van der Waals surface area (Å²) in [5.41, 5.74) is 1.53. The van der Waals surface area contributed by atoms with Crippen LogP contribution in [0.4, 0.5) is 0 Å². The number of hydrogen-bond donors (Lipinski definition) is 0. The topological polar surface area (TPSA) is 64.4 Å². The minimum Gasteiger partial charge on any atom is -0.378 e. The van der Waals surface area contributed by atoms with E-state index >= 15 is 0 Å². The fourth-order valence-electron chi connectivity index (χ4n) is 3.22. The van der Waals surface area contributed by atoms with Crippen molar-refractivity contribution in [3.63, 3.8) is 0 Å². The number of morpholine rings is 1. The summed E-state index contributed by atoms with van der Waals surface area (Å²) < 4.78 is 7.80. The van der Waals surface area contributed by atoms with E-state index in [1.165, 1.54) is 11.8 Å². The highest BCUT2D eigenvalue weighted by Gasteiger charge is 2.19. The molecule has 0 N–H and O–H groups in total. The van der Waals surface area contributed by atoms with Gasteiger partial charge in [0.25, 0.3) is 5.56 Å². The van der Waals surface area contributed by atoms with Gasteiger partial charge in [-0.25, -0.2) is 4.98 Å². The van der Waals surface area contributed by atoms with Crippen LogP contribution in [0.15, 0.2) is 63.0 Å². The molecule has 0 unspecified atom stereocenters. The van der Waals surface area contributed by atoms with Gasteiger partial charge in [0.1, 0.15) is 0 Å². The summed E-state index contributed by atoms with van der Waals surface area (Å²) in [6.07, 6.45) is 0. The molecule has 1 saturated heterocycles. The number of ether oxygens (including phenoxy) is 1. The summed E-state index contributed by atoms with van der Waals surface area (Å²) in [7, 11) is 0. The third-order valence-corrected chi connectivity index (χ3v) is 6.21. The average molecular weight is 474 g/mol. The third kappa shape index (κ3) is 4.71. The summed E-state index contributed by atoms with van der Waals surface area (Å²) in [6, 6.07) is 15.3. The number of carbonyl (C=O) groups is 1. The van der Waals surface area contributed by atoms with Crippen molar-refractivity contribution in [1.82, 2.24) is 14.5 Å². The number of hydrogen-bond acceptors (Lipinski definition) is 5. The summed E-state index contributed by atoms with van der Waals surface area (Å²) in [6.45, 7) is 2.75. The molecule has 0 aliphatic carbocycles. The largest absolute Gasteiger partial charge is 0.378 e. The van der Waals surface area contributed by atoms with Gasteiger partial charge in [-0.1, -0.05) is 58.0 Å². The summed E-state index contributed by atoms with van der Waals surface area (Å²) in [5.74, 6) is 0.276. The summed E-state index contributed by atoms with van der Waals surface area (Å²) in [5, 5.41) is 1.11. The van der Waals surface area contributed by atoms with Gasteiger partial charge in [0.05, 0.1) is 36.4 Å². The quantitative estimate of drug-likeness (QED) is 0.420. The van der Waals surface area contributed by atoms with Crippen LogP contribution in [0.3, 0.4) is 0 Å². The number of halogens is 1. The minimum atomic E-state index is -0.110. The number of aromatic nitrogens is 2. The Kier molecular flexibility index (Phi) is 6.32. The van der Waals surface area contributed by atoms with Gasteiger partial charge in [-0.15, -0.1) is 0 Å². The molecule has 1 aliphatic heterocycles. The Labute approximate surface area is 181 Å². The molecule has 8 heteroatoms. The summed E-state index contributed by atoms with van der Waals surface area (Å²) in [4.78, 5) is 32.3. The van der Waals surface area contributed by atoms with E-state index in [0.717, 1.165) is 10.0 Å². The normalized spacial score (nSPS) is 14.3. The first kappa shape index (κ1) is 20.1. The number of fused-ring (bicyclic) bond motifs is 1. The molecule has 150 valence electrons. The molecule has 2 aromatic carbocycles. The van der Waals surface area contributed by atoms with Crippen LogP contribution in [0.25, 0.3) is 10.9 Å². The fourth-order valence-corrected chi connectivity index (χ4v) is 4.48. The number of benzene rings is 2. The third-order valence-electron chi connectivity index (χ3n) is 4.75. The van der Waals surface area contributed by atoms with Gasteiger partial charge >= 0.3 is 0 Å². The monoisotopic (exact) mass is 473 g/mol. The van der Waals surface area contributed by atoms with Crippen molar-refractivity contribution in [2.24, 2.45) is 0 Å².